The van der Waals surface area contributed by atoms with Gasteiger partial charge in [0.2, 0.25) is 5.91 Å². The molecule has 0 aromatic heterocycles. The number of hydrogen-bond acceptors (Lipinski definition) is 3. The molecule has 1 aliphatic heterocycles. The van der Waals surface area contributed by atoms with Crippen molar-refractivity contribution < 1.29 is 9.53 Å². The Bertz CT molecular complexity index is 132. The van der Waals surface area contributed by atoms with Gasteiger partial charge in [-0.3, -0.25) is 4.79 Å². The molecule has 0 aliphatic carbocycles. The SMILES string of the molecule is C[C@H](N)C(=O)NC1COC1. The van der Waals surface area contributed by atoms with E-state index in [1.807, 2.05) is 0 Å². The summed E-state index contributed by atoms with van der Waals surface area (Å²) in [5.74, 6) is -0.103. The van der Waals surface area contributed by atoms with Gasteiger partial charge in [0, 0.05) is 0 Å². The molecule has 1 aliphatic rings. The van der Waals surface area contributed by atoms with Gasteiger partial charge in [0.25, 0.3) is 0 Å². The van der Waals surface area contributed by atoms with E-state index in [0.717, 1.165) is 0 Å². The molecule has 0 unspecified atom stereocenters. The molecule has 1 heterocycles. The molecule has 4 heteroatoms. The molecule has 1 amide bonds. The maximum atomic E-state index is 10.9. The maximum Gasteiger partial charge on any atom is 0.237 e. The van der Waals surface area contributed by atoms with Crippen molar-refractivity contribution in [3.63, 3.8) is 0 Å². The Hall–Kier alpha value is -0.610. The molecule has 58 valence electrons. The third-order valence-electron chi connectivity index (χ3n) is 1.40. The first-order chi connectivity index (χ1) is 4.70. The summed E-state index contributed by atoms with van der Waals surface area (Å²) < 4.78 is 4.86. The number of amides is 1. The molecule has 3 N–H and O–H groups in total. The summed E-state index contributed by atoms with van der Waals surface area (Å²) in [5, 5.41) is 2.73. The first kappa shape index (κ1) is 7.50. The van der Waals surface area contributed by atoms with Crippen LogP contribution in [0, 0.1) is 0 Å². The third kappa shape index (κ3) is 1.68. The lowest BCUT2D eigenvalue weighted by molar-refractivity contribution is -0.126. The van der Waals surface area contributed by atoms with Gasteiger partial charge in [-0.25, -0.2) is 0 Å². The van der Waals surface area contributed by atoms with Gasteiger partial charge < -0.3 is 15.8 Å². The fraction of sp³-hybridized carbons (Fsp3) is 0.833. The van der Waals surface area contributed by atoms with E-state index in [1.165, 1.54) is 0 Å². The van der Waals surface area contributed by atoms with Crippen LogP contribution in [-0.4, -0.2) is 31.2 Å². The Labute approximate surface area is 59.7 Å². The standard InChI is InChI=1S/C6H12N2O2/c1-4(7)6(9)8-5-2-10-3-5/h4-5H,2-3,7H2,1H3,(H,8,9)/t4-/m0/s1. The van der Waals surface area contributed by atoms with E-state index in [4.69, 9.17) is 10.5 Å². The van der Waals surface area contributed by atoms with Crippen LogP contribution >= 0.6 is 0 Å². The highest BCUT2D eigenvalue weighted by molar-refractivity contribution is 5.81. The summed E-state index contributed by atoms with van der Waals surface area (Å²) in [6.45, 7) is 2.91. The Kier molecular flexibility index (Phi) is 2.24. The minimum atomic E-state index is -0.416. The van der Waals surface area contributed by atoms with E-state index < -0.39 is 6.04 Å². The van der Waals surface area contributed by atoms with Gasteiger partial charge in [0.15, 0.2) is 0 Å². The Balaban J connectivity index is 2.17. The van der Waals surface area contributed by atoms with E-state index in [2.05, 4.69) is 5.32 Å². The number of carbonyl (C=O) groups is 1. The van der Waals surface area contributed by atoms with Crippen LogP contribution in [0.4, 0.5) is 0 Å². The number of ether oxygens (including phenoxy) is 1. The van der Waals surface area contributed by atoms with Crippen LogP contribution in [0.1, 0.15) is 6.92 Å². The van der Waals surface area contributed by atoms with Gasteiger partial charge >= 0.3 is 0 Å². The second-order valence-corrected chi connectivity index (χ2v) is 2.53. The molecule has 0 saturated carbocycles. The highest BCUT2D eigenvalue weighted by Crippen LogP contribution is 1.98. The molecule has 0 radical (unpaired) electrons. The van der Waals surface area contributed by atoms with E-state index >= 15 is 0 Å². The van der Waals surface area contributed by atoms with Crippen LogP contribution in [0.3, 0.4) is 0 Å². The molecule has 0 aromatic rings. The largest absolute Gasteiger partial charge is 0.377 e. The molecule has 10 heavy (non-hydrogen) atoms. The van der Waals surface area contributed by atoms with Gasteiger partial charge in [0.1, 0.15) is 0 Å². The highest BCUT2D eigenvalue weighted by Gasteiger charge is 2.21. The lowest BCUT2D eigenvalue weighted by Gasteiger charge is -2.27. The second kappa shape index (κ2) is 2.98. The Morgan fingerprint density at radius 1 is 1.80 bits per heavy atom. The van der Waals surface area contributed by atoms with Gasteiger partial charge in [0.05, 0.1) is 25.3 Å². The summed E-state index contributed by atoms with van der Waals surface area (Å²) in [6.07, 6.45) is 0. The molecule has 0 bridgehead atoms. The lowest BCUT2D eigenvalue weighted by Crippen LogP contribution is -2.52. The van der Waals surface area contributed by atoms with Crippen LogP contribution in [0.15, 0.2) is 0 Å². The van der Waals surface area contributed by atoms with Crippen LogP contribution < -0.4 is 11.1 Å². The number of nitrogens with one attached hydrogen (secondary N) is 1. The average molecular weight is 144 g/mol. The predicted octanol–water partition coefficient (Wildman–Crippen LogP) is -1.15. The smallest absolute Gasteiger partial charge is 0.237 e. The first-order valence-corrected chi connectivity index (χ1v) is 3.34. The third-order valence-corrected chi connectivity index (χ3v) is 1.40. The van der Waals surface area contributed by atoms with Crippen molar-refractivity contribution in [1.29, 1.82) is 0 Å². The topological polar surface area (TPSA) is 64.4 Å². The van der Waals surface area contributed by atoms with Crippen LogP contribution in [-0.2, 0) is 9.53 Å². The fourth-order valence-corrected chi connectivity index (χ4v) is 0.652. The van der Waals surface area contributed by atoms with Gasteiger partial charge in [-0.05, 0) is 6.92 Å². The van der Waals surface area contributed by atoms with Crippen molar-refractivity contribution >= 4 is 5.91 Å². The number of rotatable bonds is 2. The first-order valence-electron chi connectivity index (χ1n) is 3.34. The lowest BCUT2D eigenvalue weighted by atomic mass is 10.2. The van der Waals surface area contributed by atoms with E-state index in [1.54, 1.807) is 6.92 Å². The van der Waals surface area contributed by atoms with Crippen molar-refractivity contribution in [2.45, 2.75) is 19.0 Å². The minimum Gasteiger partial charge on any atom is -0.377 e. The number of nitrogens with two attached hydrogens (primary N) is 1. The molecule has 1 rings (SSSR count). The van der Waals surface area contributed by atoms with Gasteiger partial charge in [-0.1, -0.05) is 0 Å². The zero-order chi connectivity index (χ0) is 7.56. The normalized spacial score (nSPS) is 21.4. The maximum absolute atomic E-state index is 10.9. The summed E-state index contributed by atoms with van der Waals surface area (Å²) in [7, 11) is 0. The Morgan fingerprint density at radius 3 is 2.70 bits per heavy atom. The molecular weight excluding hydrogens is 132 g/mol. The zero-order valence-corrected chi connectivity index (χ0v) is 5.96. The van der Waals surface area contributed by atoms with Gasteiger partial charge in [-0.2, -0.15) is 0 Å². The minimum absolute atomic E-state index is 0.103. The summed E-state index contributed by atoms with van der Waals surface area (Å²) in [4.78, 5) is 10.9. The molecule has 1 atom stereocenters. The summed E-state index contributed by atoms with van der Waals surface area (Å²) in [5.41, 5.74) is 5.31. The molecule has 1 fully saturated rings. The predicted molar refractivity (Wildman–Crippen MR) is 36.4 cm³/mol. The molecule has 4 nitrogen and oxygen atoms in total. The van der Waals surface area contributed by atoms with E-state index in [-0.39, 0.29) is 11.9 Å². The van der Waals surface area contributed by atoms with Crippen molar-refractivity contribution in [2.75, 3.05) is 13.2 Å². The molecule has 0 spiro atoms. The number of carbonyl (C=O) groups excluding carboxylic acids is 1. The van der Waals surface area contributed by atoms with Gasteiger partial charge in [-0.15, -0.1) is 0 Å². The van der Waals surface area contributed by atoms with Crippen molar-refractivity contribution in [2.24, 2.45) is 5.73 Å². The van der Waals surface area contributed by atoms with E-state index in [0.29, 0.717) is 13.2 Å². The van der Waals surface area contributed by atoms with Crippen LogP contribution in [0.2, 0.25) is 0 Å². The fourth-order valence-electron chi connectivity index (χ4n) is 0.652. The van der Waals surface area contributed by atoms with Crippen LogP contribution in [0.25, 0.3) is 0 Å². The van der Waals surface area contributed by atoms with E-state index in [9.17, 15) is 4.79 Å². The van der Waals surface area contributed by atoms with Crippen molar-refractivity contribution in [3.8, 4) is 0 Å². The summed E-state index contributed by atoms with van der Waals surface area (Å²) in [6, 6.07) is -0.223. The van der Waals surface area contributed by atoms with Crippen molar-refractivity contribution in [1.82, 2.24) is 5.32 Å². The van der Waals surface area contributed by atoms with Crippen LogP contribution in [0.5, 0.6) is 0 Å². The zero-order valence-electron chi connectivity index (χ0n) is 5.96. The number of hydrogen-bond donors (Lipinski definition) is 2. The molecule has 0 aromatic carbocycles. The summed E-state index contributed by atoms with van der Waals surface area (Å²) >= 11 is 0. The Morgan fingerprint density at radius 2 is 2.40 bits per heavy atom. The second-order valence-electron chi connectivity index (χ2n) is 2.53. The monoisotopic (exact) mass is 144 g/mol. The quantitative estimate of drug-likeness (QED) is 0.514. The molecule has 1 saturated heterocycles. The average Bonchev–Trinajstić information content (AvgIpc) is 1.77. The highest BCUT2D eigenvalue weighted by atomic mass is 16.5. The molecular formula is C6H12N2O2. The van der Waals surface area contributed by atoms with Crippen molar-refractivity contribution in [3.05, 3.63) is 0 Å².